The molecule has 0 spiro atoms. The van der Waals surface area contributed by atoms with Gasteiger partial charge in [0, 0.05) is 51.9 Å². The Morgan fingerprint density at radius 2 is 1.76 bits per heavy atom. The summed E-state index contributed by atoms with van der Waals surface area (Å²) in [6.07, 6.45) is 2.15. The van der Waals surface area contributed by atoms with Gasteiger partial charge in [-0.15, -0.1) is 0 Å². The summed E-state index contributed by atoms with van der Waals surface area (Å²) < 4.78 is 0. The van der Waals surface area contributed by atoms with Crippen molar-refractivity contribution in [3.63, 3.8) is 0 Å². The molecule has 1 aromatic heterocycles. The molecule has 0 aliphatic carbocycles. The third kappa shape index (κ3) is 4.42. The average molecular weight is 393 g/mol. The van der Waals surface area contributed by atoms with Crippen LogP contribution in [0.2, 0.25) is 0 Å². The first kappa shape index (κ1) is 19.4. The number of carbonyl (C=O) groups excluding carboxylic acids is 2. The van der Waals surface area contributed by atoms with Crippen molar-refractivity contribution in [2.75, 3.05) is 37.6 Å². The van der Waals surface area contributed by atoms with Crippen molar-refractivity contribution < 1.29 is 9.59 Å². The van der Waals surface area contributed by atoms with E-state index in [1.54, 1.807) is 0 Å². The van der Waals surface area contributed by atoms with Crippen molar-refractivity contribution in [3.05, 3.63) is 59.3 Å². The lowest BCUT2D eigenvalue weighted by Gasteiger charge is -2.36. The predicted molar refractivity (Wildman–Crippen MR) is 112 cm³/mol. The number of anilines is 1. The fourth-order valence-electron chi connectivity index (χ4n) is 4.11. The number of hydrogen-bond donors (Lipinski definition) is 0. The molecule has 6 nitrogen and oxygen atoms in total. The van der Waals surface area contributed by atoms with Crippen LogP contribution in [-0.2, 0) is 16.1 Å². The van der Waals surface area contributed by atoms with E-state index in [9.17, 15) is 9.59 Å². The van der Waals surface area contributed by atoms with Gasteiger partial charge in [0.05, 0.1) is 5.92 Å². The molecule has 2 saturated heterocycles. The highest BCUT2D eigenvalue weighted by atomic mass is 16.2. The summed E-state index contributed by atoms with van der Waals surface area (Å²) in [4.78, 5) is 35.9. The van der Waals surface area contributed by atoms with E-state index in [4.69, 9.17) is 0 Å². The van der Waals surface area contributed by atoms with Crippen molar-refractivity contribution >= 4 is 17.6 Å². The average Bonchev–Trinajstić information content (AvgIpc) is 3.09. The van der Waals surface area contributed by atoms with Crippen LogP contribution in [0.15, 0.2) is 42.6 Å². The van der Waals surface area contributed by atoms with Gasteiger partial charge in [0.25, 0.3) is 0 Å². The lowest BCUT2D eigenvalue weighted by Crippen LogP contribution is -2.51. The summed E-state index contributed by atoms with van der Waals surface area (Å²) in [6, 6.07) is 12.3. The number of piperazine rings is 1. The molecule has 0 saturated carbocycles. The maximum absolute atomic E-state index is 13.0. The van der Waals surface area contributed by atoms with Crippen LogP contribution in [0, 0.1) is 19.8 Å². The molecule has 2 aliphatic heterocycles. The fourth-order valence-corrected chi connectivity index (χ4v) is 4.11. The number of pyridine rings is 1. The summed E-state index contributed by atoms with van der Waals surface area (Å²) in [5.74, 6) is 0.933. The summed E-state index contributed by atoms with van der Waals surface area (Å²) in [5.41, 5.74) is 3.50. The van der Waals surface area contributed by atoms with E-state index in [1.807, 2.05) is 29.0 Å². The molecule has 0 unspecified atom stereocenters. The quantitative estimate of drug-likeness (QED) is 0.802. The number of amides is 2. The van der Waals surface area contributed by atoms with Crippen LogP contribution >= 0.6 is 0 Å². The zero-order valence-corrected chi connectivity index (χ0v) is 17.2. The second-order valence-electron chi connectivity index (χ2n) is 8.16. The summed E-state index contributed by atoms with van der Waals surface area (Å²) in [5, 5.41) is 0. The lowest BCUT2D eigenvalue weighted by molar-refractivity contribution is -0.136. The SMILES string of the molecule is Cc1ccc(CN2C[C@@H](C(=O)N3CCN(c4cc(C)ccn4)CC3)CC2=O)cc1. The Balaban J connectivity index is 1.32. The number of nitrogens with zero attached hydrogens (tertiary/aromatic N) is 4. The molecule has 1 aromatic carbocycles. The smallest absolute Gasteiger partial charge is 0.228 e. The Hall–Kier alpha value is -2.89. The van der Waals surface area contributed by atoms with Crippen LogP contribution in [0.1, 0.15) is 23.1 Å². The van der Waals surface area contributed by atoms with E-state index in [0.717, 1.165) is 24.5 Å². The van der Waals surface area contributed by atoms with E-state index >= 15 is 0 Å². The maximum atomic E-state index is 13.0. The lowest BCUT2D eigenvalue weighted by atomic mass is 10.1. The van der Waals surface area contributed by atoms with Crippen molar-refractivity contribution in [1.29, 1.82) is 0 Å². The minimum atomic E-state index is -0.225. The fraction of sp³-hybridized carbons (Fsp3) is 0.435. The molecular formula is C23H28N4O2. The van der Waals surface area contributed by atoms with Crippen LogP contribution in [0.4, 0.5) is 5.82 Å². The molecule has 1 atom stereocenters. The van der Waals surface area contributed by atoms with Gasteiger partial charge in [-0.2, -0.15) is 0 Å². The van der Waals surface area contributed by atoms with Gasteiger partial charge in [0.1, 0.15) is 5.82 Å². The molecule has 2 aliphatic rings. The second-order valence-corrected chi connectivity index (χ2v) is 8.16. The number of hydrogen-bond acceptors (Lipinski definition) is 4. The normalized spacial score (nSPS) is 19.7. The summed E-state index contributed by atoms with van der Waals surface area (Å²) >= 11 is 0. The Labute approximate surface area is 172 Å². The molecule has 2 fully saturated rings. The highest BCUT2D eigenvalue weighted by Crippen LogP contribution is 2.24. The van der Waals surface area contributed by atoms with Gasteiger partial charge in [0.2, 0.25) is 11.8 Å². The van der Waals surface area contributed by atoms with Crippen molar-refractivity contribution in [2.24, 2.45) is 5.92 Å². The topological polar surface area (TPSA) is 56.8 Å². The Morgan fingerprint density at radius 1 is 1.03 bits per heavy atom. The Bertz CT molecular complexity index is 888. The largest absolute Gasteiger partial charge is 0.353 e. The molecule has 0 bridgehead atoms. The highest BCUT2D eigenvalue weighted by molar-refractivity contribution is 5.89. The van der Waals surface area contributed by atoms with Gasteiger partial charge in [0.15, 0.2) is 0 Å². The second kappa shape index (κ2) is 8.23. The Kier molecular flexibility index (Phi) is 5.51. The molecule has 6 heteroatoms. The number of benzene rings is 1. The predicted octanol–water partition coefficient (Wildman–Crippen LogP) is 2.40. The zero-order chi connectivity index (χ0) is 20.4. The highest BCUT2D eigenvalue weighted by Gasteiger charge is 2.37. The van der Waals surface area contributed by atoms with E-state index in [1.165, 1.54) is 11.1 Å². The van der Waals surface area contributed by atoms with Crippen LogP contribution in [0.25, 0.3) is 0 Å². The molecular weight excluding hydrogens is 364 g/mol. The standard InChI is InChI=1S/C23H28N4O2/c1-17-3-5-19(6-4-17)15-27-16-20(14-22(27)28)23(29)26-11-9-25(10-12-26)21-13-18(2)7-8-24-21/h3-8,13,20H,9-12,14-16H2,1-2H3/t20-/m0/s1. The van der Waals surface area contributed by atoms with Crippen LogP contribution in [-0.4, -0.2) is 59.3 Å². The van der Waals surface area contributed by atoms with Crippen molar-refractivity contribution in [2.45, 2.75) is 26.8 Å². The molecule has 2 amide bonds. The van der Waals surface area contributed by atoms with Gasteiger partial charge < -0.3 is 14.7 Å². The number of likely N-dealkylation sites (tertiary alicyclic amines) is 1. The van der Waals surface area contributed by atoms with E-state index in [-0.39, 0.29) is 17.7 Å². The molecule has 4 rings (SSSR count). The van der Waals surface area contributed by atoms with E-state index in [2.05, 4.69) is 47.1 Å². The van der Waals surface area contributed by atoms with Gasteiger partial charge in [-0.05, 0) is 37.1 Å². The van der Waals surface area contributed by atoms with Crippen molar-refractivity contribution in [3.8, 4) is 0 Å². The summed E-state index contributed by atoms with van der Waals surface area (Å²) in [7, 11) is 0. The van der Waals surface area contributed by atoms with Gasteiger partial charge in [-0.25, -0.2) is 4.98 Å². The van der Waals surface area contributed by atoms with Gasteiger partial charge >= 0.3 is 0 Å². The third-order valence-electron chi connectivity index (χ3n) is 5.87. The number of carbonyl (C=O) groups is 2. The van der Waals surface area contributed by atoms with Crippen LogP contribution in [0.5, 0.6) is 0 Å². The minimum absolute atomic E-state index is 0.0755. The monoisotopic (exact) mass is 392 g/mol. The first-order valence-electron chi connectivity index (χ1n) is 10.3. The van der Waals surface area contributed by atoms with E-state index in [0.29, 0.717) is 32.6 Å². The van der Waals surface area contributed by atoms with Gasteiger partial charge in [-0.3, -0.25) is 9.59 Å². The van der Waals surface area contributed by atoms with E-state index < -0.39 is 0 Å². The maximum Gasteiger partial charge on any atom is 0.228 e. The van der Waals surface area contributed by atoms with Crippen LogP contribution in [0.3, 0.4) is 0 Å². The minimum Gasteiger partial charge on any atom is -0.353 e. The molecule has 0 radical (unpaired) electrons. The Morgan fingerprint density at radius 3 is 2.45 bits per heavy atom. The summed E-state index contributed by atoms with van der Waals surface area (Å²) in [6.45, 7) is 8.11. The molecule has 2 aromatic rings. The number of aryl methyl sites for hydroxylation is 2. The van der Waals surface area contributed by atoms with Crippen LogP contribution < -0.4 is 4.90 Å². The molecule has 0 N–H and O–H groups in total. The zero-order valence-electron chi connectivity index (χ0n) is 17.2. The third-order valence-corrected chi connectivity index (χ3v) is 5.87. The molecule has 29 heavy (non-hydrogen) atoms. The van der Waals surface area contributed by atoms with Crippen molar-refractivity contribution in [1.82, 2.24) is 14.8 Å². The first-order chi connectivity index (χ1) is 14.0. The van der Waals surface area contributed by atoms with Gasteiger partial charge in [-0.1, -0.05) is 29.8 Å². The number of aromatic nitrogens is 1. The molecule has 3 heterocycles. The first-order valence-corrected chi connectivity index (χ1v) is 10.3. The number of rotatable bonds is 4. The molecule has 152 valence electrons.